The third-order valence-electron chi connectivity index (χ3n) is 3.98. The van der Waals surface area contributed by atoms with Crippen molar-refractivity contribution in [3.05, 3.63) is 22.7 Å². The first-order valence-electron chi connectivity index (χ1n) is 8.22. The molecule has 1 atom stereocenters. The molecule has 1 fully saturated rings. The first-order chi connectivity index (χ1) is 10.9. The third-order valence-corrected chi connectivity index (χ3v) is 4.26. The van der Waals surface area contributed by atoms with Gasteiger partial charge < -0.3 is 14.4 Å². The lowest BCUT2D eigenvalue weighted by atomic mass is 9.99. The minimum absolute atomic E-state index is 0.00663. The van der Waals surface area contributed by atoms with Gasteiger partial charge in [0.25, 0.3) is 5.91 Å². The highest BCUT2D eigenvalue weighted by Crippen LogP contribution is 2.37. The number of rotatable bonds is 5. The number of methoxy groups -OCH3 is 1. The maximum absolute atomic E-state index is 12.7. The van der Waals surface area contributed by atoms with Crippen LogP contribution >= 0.6 is 11.6 Å². The van der Waals surface area contributed by atoms with E-state index in [1.807, 2.05) is 4.90 Å². The Bertz CT molecular complexity index is 559. The lowest BCUT2D eigenvalue weighted by molar-refractivity contribution is 0.0682. The van der Waals surface area contributed by atoms with E-state index in [0.29, 0.717) is 40.5 Å². The summed E-state index contributed by atoms with van der Waals surface area (Å²) in [6.45, 7) is 8.45. The summed E-state index contributed by atoms with van der Waals surface area (Å²) in [6, 6.07) is 3.41. The van der Waals surface area contributed by atoms with Crippen molar-refractivity contribution in [1.29, 1.82) is 0 Å². The predicted molar refractivity (Wildman–Crippen MR) is 92.6 cm³/mol. The standard InChI is InChI=1S/C18H26ClNO3/c1-12(2)11-23-17-15(19)8-14(9-16(17)22-4)18(21)20-7-5-6-13(3)10-20/h8-9,12-13H,5-7,10-11H2,1-4H3. The number of halogens is 1. The number of nitrogens with zero attached hydrogens (tertiary/aromatic N) is 1. The van der Waals surface area contributed by atoms with E-state index in [9.17, 15) is 4.79 Å². The zero-order chi connectivity index (χ0) is 17.0. The minimum Gasteiger partial charge on any atom is -0.493 e. The molecule has 1 amide bonds. The van der Waals surface area contributed by atoms with Crippen LogP contribution in [0.3, 0.4) is 0 Å². The molecule has 1 aromatic carbocycles. The van der Waals surface area contributed by atoms with Crippen molar-refractivity contribution in [2.75, 3.05) is 26.8 Å². The number of likely N-dealkylation sites (tertiary alicyclic amines) is 1. The molecule has 0 aromatic heterocycles. The average Bonchev–Trinajstić information content (AvgIpc) is 2.52. The van der Waals surface area contributed by atoms with Gasteiger partial charge in [0.05, 0.1) is 18.7 Å². The molecule has 2 rings (SSSR count). The van der Waals surface area contributed by atoms with Gasteiger partial charge in [0.15, 0.2) is 11.5 Å². The van der Waals surface area contributed by atoms with Crippen LogP contribution in [0.1, 0.15) is 44.0 Å². The molecule has 0 aliphatic carbocycles. The van der Waals surface area contributed by atoms with Crippen molar-refractivity contribution < 1.29 is 14.3 Å². The smallest absolute Gasteiger partial charge is 0.254 e. The molecule has 1 aliphatic heterocycles. The Morgan fingerprint density at radius 2 is 2.17 bits per heavy atom. The summed E-state index contributed by atoms with van der Waals surface area (Å²) >= 11 is 6.33. The summed E-state index contributed by atoms with van der Waals surface area (Å²) in [6.07, 6.45) is 2.23. The minimum atomic E-state index is 0.00663. The van der Waals surface area contributed by atoms with Crippen molar-refractivity contribution in [3.8, 4) is 11.5 Å². The molecule has 1 aliphatic rings. The van der Waals surface area contributed by atoms with E-state index in [-0.39, 0.29) is 5.91 Å². The van der Waals surface area contributed by atoms with Gasteiger partial charge in [-0.2, -0.15) is 0 Å². The Hall–Kier alpha value is -1.42. The van der Waals surface area contributed by atoms with Gasteiger partial charge in [-0.1, -0.05) is 32.4 Å². The van der Waals surface area contributed by atoms with Crippen LogP contribution in [0.2, 0.25) is 5.02 Å². The molecule has 0 saturated carbocycles. The Kier molecular flexibility index (Phi) is 6.17. The SMILES string of the molecule is COc1cc(C(=O)N2CCCC(C)C2)cc(Cl)c1OCC(C)C. The summed E-state index contributed by atoms with van der Waals surface area (Å²) in [5, 5.41) is 0.415. The topological polar surface area (TPSA) is 38.8 Å². The molecule has 1 aromatic rings. The van der Waals surface area contributed by atoms with Crippen LogP contribution in [-0.2, 0) is 0 Å². The normalized spacial score (nSPS) is 18.2. The zero-order valence-corrected chi connectivity index (χ0v) is 15.2. The van der Waals surface area contributed by atoms with E-state index >= 15 is 0 Å². The van der Waals surface area contributed by atoms with E-state index in [1.165, 1.54) is 6.42 Å². The maximum Gasteiger partial charge on any atom is 0.254 e. The first kappa shape index (κ1) is 17.9. The van der Waals surface area contributed by atoms with Gasteiger partial charge in [0.1, 0.15) is 0 Å². The van der Waals surface area contributed by atoms with Crippen LogP contribution in [0.15, 0.2) is 12.1 Å². The van der Waals surface area contributed by atoms with E-state index in [4.69, 9.17) is 21.1 Å². The number of amides is 1. The maximum atomic E-state index is 12.7. The Balaban J connectivity index is 2.22. The van der Waals surface area contributed by atoms with E-state index in [0.717, 1.165) is 19.5 Å². The predicted octanol–water partition coefficient (Wildman–Crippen LogP) is 4.26. The largest absolute Gasteiger partial charge is 0.493 e. The number of hydrogen-bond donors (Lipinski definition) is 0. The fourth-order valence-corrected chi connectivity index (χ4v) is 3.06. The fraction of sp³-hybridized carbons (Fsp3) is 0.611. The fourth-order valence-electron chi connectivity index (χ4n) is 2.79. The van der Waals surface area contributed by atoms with Gasteiger partial charge in [-0.05, 0) is 36.8 Å². The van der Waals surface area contributed by atoms with Crippen LogP contribution in [-0.4, -0.2) is 37.6 Å². The number of benzene rings is 1. The quantitative estimate of drug-likeness (QED) is 0.804. The molecule has 0 N–H and O–H groups in total. The Morgan fingerprint density at radius 1 is 1.43 bits per heavy atom. The number of carbonyl (C=O) groups excluding carboxylic acids is 1. The molecular formula is C18H26ClNO3. The second kappa shape index (κ2) is 7.91. The van der Waals surface area contributed by atoms with Crippen LogP contribution in [0.5, 0.6) is 11.5 Å². The molecule has 1 heterocycles. The Morgan fingerprint density at radius 3 is 2.78 bits per heavy atom. The zero-order valence-electron chi connectivity index (χ0n) is 14.4. The average molecular weight is 340 g/mol. The van der Waals surface area contributed by atoms with E-state index in [2.05, 4.69) is 20.8 Å². The lowest BCUT2D eigenvalue weighted by Crippen LogP contribution is -2.39. The Labute approximate surface area is 143 Å². The molecule has 128 valence electrons. The van der Waals surface area contributed by atoms with Crippen LogP contribution in [0.4, 0.5) is 0 Å². The number of hydrogen-bond acceptors (Lipinski definition) is 3. The van der Waals surface area contributed by atoms with Crippen molar-refractivity contribution in [1.82, 2.24) is 4.90 Å². The van der Waals surface area contributed by atoms with Gasteiger partial charge in [-0.15, -0.1) is 0 Å². The molecule has 4 nitrogen and oxygen atoms in total. The van der Waals surface area contributed by atoms with Crippen molar-refractivity contribution in [2.45, 2.75) is 33.6 Å². The van der Waals surface area contributed by atoms with Crippen LogP contribution < -0.4 is 9.47 Å². The van der Waals surface area contributed by atoms with Gasteiger partial charge in [0, 0.05) is 18.7 Å². The number of carbonyl (C=O) groups is 1. The van der Waals surface area contributed by atoms with Gasteiger partial charge in [-0.3, -0.25) is 4.79 Å². The van der Waals surface area contributed by atoms with Crippen molar-refractivity contribution >= 4 is 17.5 Å². The van der Waals surface area contributed by atoms with Crippen molar-refractivity contribution in [3.63, 3.8) is 0 Å². The molecular weight excluding hydrogens is 314 g/mol. The van der Waals surface area contributed by atoms with Gasteiger partial charge in [-0.25, -0.2) is 0 Å². The number of ether oxygens (including phenoxy) is 2. The van der Waals surface area contributed by atoms with E-state index < -0.39 is 0 Å². The molecule has 0 radical (unpaired) electrons. The summed E-state index contributed by atoms with van der Waals surface area (Å²) in [5.74, 6) is 1.94. The summed E-state index contributed by atoms with van der Waals surface area (Å²) in [7, 11) is 1.56. The van der Waals surface area contributed by atoms with Crippen LogP contribution in [0.25, 0.3) is 0 Å². The monoisotopic (exact) mass is 339 g/mol. The highest BCUT2D eigenvalue weighted by Gasteiger charge is 2.24. The molecule has 0 spiro atoms. The second-order valence-electron chi connectivity index (χ2n) is 6.69. The van der Waals surface area contributed by atoms with Crippen LogP contribution in [0, 0.1) is 11.8 Å². The molecule has 5 heteroatoms. The highest BCUT2D eigenvalue weighted by molar-refractivity contribution is 6.32. The second-order valence-corrected chi connectivity index (χ2v) is 7.10. The van der Waals surface area contributed by atoms with Gasteiger partial charge in [0.2, 0.25) is 0 Å². The summed E-state index contributed by atoms with van der Waals surface area (Å²) in [4.78, 5) is 14.6. The molecule has 1 saturated heterocycles. The van der Waals surface area contributed by atoms with Gasteiger partial charge >= 0.3 is 0 Å². The first-order valence-corrected chi connectivity index (χ1v) is 8.59. The van der Waals surface area contributed by atoms with E-state index in [1.54, 1.807) is 19.2 Å². The molecule has 23 heavy (non-hydrogen) atoms. The summed E-state index contributed by atoms with van der Waals surface area (Å²) < 4.78 is 11.1. The van der Waals surface area contributed by atoms with Crippen molar-refractivity contribution in [2.24, 2.45) is 11.8 Å². The number of piperidine rings is 1. The third kappa shape index (κ3) is 4.54. The summed E-state index contributed by atoms with van der Waals surface area (Å²) in [5.41, 5.74) is 0.554. The highest BCUT2D eigenvalue weighted by atomic mass is 35.5. The molecule has 1 unspecified atom stereocenters. The molecule has 0 bridgehead atoms. The lowest BCUT2D eigenvalue weighted by Gasteiger charge is -2.31.